The topological polar surface area (TPSA) is 40.1 Å². The van der Waals surface area contributed by atoms with E-state index in [0.717, 1.165) is 17.3 Å². The van der Waals surface area contributed by atoms with Crippen molar-refractivity contribution in [1.82, 2.24) is 0 Å². The van der Waals surface area contributed by atoms with Crippen LogP contribution in [0.1, 0.15) is 103 Å². The number of aliphatic carboxylic acids is 1. The number of hydrogen-bond acceptors (Lipinski definition) is 2. The highest BCUT2D eigenvalue weighted by Gasteiger charge is 2.22. The predicted octanol–water partition coefficient (Wildman–Crippen LogP) is 4.68. The van der Waals surface area contributed by atoms with Gasteiger partial charge >= 0.3 is 0 Å². The first-order valence-electron chi connectivity index (χ1n) is 10.4. The molecule has 0 aliphatic heterocycles. The molecule has 1 unspecified atom stereocenters. The highest BCUT2D eigenvalue weighted by Crippen LogP contribution is 2.18. The van der Waals surface area contributed by atoms with Crippen molar-refractivity contribution in [2.45, 2.75) is 109 Å². The number of hydrogen-bond donors (Lipinski definition) is 0. The van der Waals surface area contributed by atoms with E-state index in [-0.39, 0.29) is 6.42 Å². The summed E-state index contributed by atoms with van der Waals surface area (Å²) in [5, 5.41) is 10.7. The third kappa shape index (κ3) is 15.0. The second kappa shape index (κ2) is 14.7. The molecule has 144 valence electrons. The number of quaternary nitrogens is 1. The molecule has 24 heavy (non-hydrogen) atoms. The Morgan fingerprint density at radius 2 is 1.17 bits per heavy atom. The lowest BCUT2D eigenvalue weighted by molar-refractivity contribution is -0.896. The Balaban J connectivity index is 3.53. The summed E-state index contributed by atoms with van der Waals surface area (Å²) in [6.07, 6.45) is 18.5. The van der Waals surface area contributed by atoms with E-state index in [2.05, 4.69) is 28.1 Å². The Hall–Kier alpha value is -0.570. The fraction of sp³-hybridized carbons (Fsp3) is 0.952. The summed E-state index contributed by atoms with van der Waals surface area (Å²) in [4.78, 5) is 10.7. The second-order valence-electron chi connectivity index (χ2n) is 8.36. The molecule has 0 heterocycles. The summed E-state index contributed by atoms with van der Waals surface area (Å²) in [6.45, 7) is 2.27. The molecule has 0 saturated heterocycles. The second-order valence-corrected chi connectivity index (χ2v) is 8.36. The molecule has 3 nitrogen and oxygen atoms in total. The standard InChI is InChI=1S/C21H43NO2/c1-5-6-7-8-9-10-11-12-13-14-15-16-17-20(22(2,3)4)18-19-21(23)24/h20H,5-19H2,1-4H3. The van der Waals surface area contributed by atoms with Crippen LogP contribution < -0.4 is 5.11 Å². The number of carboxylic acid groups (broad SMARTS) is 1. The van der Waals surface area contributed by atoms with Crippen LogP contribution >= 0.6 is 0 Å². The minimum Gasteiger partial charge on any atom is -0.550 e. The van der Waals surface area contributed by atoms with Gasteiger partial charge < -0.3 is 14.4 Å². The van der Waals surface area contributed by atoms with Crippen LogP contribution in [-0.4, -0.2) is 37.6 Å². The van der Waals surface area contributed by atoms with Crippen LogP contribution in [0.3, 0.4) is 0 Å². The van der Waals surface area contributed by atoms with Gasteiger partial charge in [0.05, 0.1) is 27.2 Å². The Labute approximate surface area is 151 Å². The molecular weight excluding hydrogens is 298 g/mol. The summed E-state index contributed by atoms with van der Waals surface area (Å²) in [7, 11) is 6.50. The van der Waals surface area contributed by atoms with E-state index < -0.39 is 5.97 Å². The molecule has 0 fully saturated rings. The van der Waals surface area contributed by atoms with E-state index in [1.165, 1.54) is 77.0 Å². The van der Waals surface area contributed by atoms with Gasteiger partial charge in [0.1, 0.15) is 0 Å². The Morgan fingerprint density at radius 1 is 0.750 bits per heavy atom. The molecule has 0 aliphatic rings. The van der Waals surface area contributed by atoms with Gasteiger partial charge in [-0.2, -0.15) is 0 Å². The van der Waals surface area contributed by atoms with Crippen molar-refractivity contribution in [2.24, 2.45) is 0 Å². The lowest BCUT2D eigenvalue weighted by Gasteiger charge is -2.34. The lowest BCUT2D eigenvalue weighted by atomic mass is 9.99. The van der Waals surface area contributed by atoms with E-state index in [4.69, 9.17) is 0 Å². The molecule has 0 aromatic rings. The van der Waals surface area contributed by atoms with Crippen LogP contribution in [0, 0.1) is 0 Å². The number of unbranched alkanes of at least 4 members (excludes halogenated alkanes) is 11. The average molecular weight is 342 g/mol. The molecule has 0 radical (unpaired) electrons. The molecule has 1 atom stereocenters. The first-order valence-corrected chi connectivity index (χ1v) is 10.4. The normalized spacial score (nSPS) is 13.2. The maximum Gasteiger partial charge on any atom is 0.0887 e. The third-order valence-electron chi connectivity index (χ3n) is 5.17. The zero-order valence-electron chi connectivity index (χ0n) is 16.9. The van der Waals surface area contributed by atoms with Crippen molar-refractivity contribution in [3.05, 3.63) is 0 Å². The third-order valence-corrected chi connectivity index (χ3v) is 5.17. The number of carbonyl (C=O) groups excluding carboxylic acids is 1. The van der Waals surface area contributed by atoms with Crippen LogP contribution in [0.2, 0.25) is 0 Å². The van der Waals surface area contributed by atoms with Gasteiger partial charge in [-0.05, 0) is 19.3 Å². The zero-order chi connectivity index (χ0) is 18.3. The van der Waals surface area contributed by atoms with Gasteiger partial charge in [0, 0.05) is 12.4 Å². The van der Waals surface area contributed by atoms with Crippen molar-refractivity contribution in [3.8, 4) is 0 Å². The van der Waals surface area contributed by atoms with Crippen molar-refractivity contribution in [2.75, 3.05) is 21.1 Å². The van der Waals surface area contributed by atoms with Gasteiger partial charge in [-0.3, -0.25) is 0 Å². The molecular formula is C21H43NO2. The molecule has 0 spiro atoms. The minimum atomic E-state index is -0.914. The fourth-order valence-electron chi connectivity index (χ4n) is 3.42. The summed E-state index contributed by atoms with van der Waals surface area (Å²) >= 11 is 0. The van der Waals surface area contributed by atoms with Crippen LogP contribution in [0.15, 0.2) is 0 Å². The summed E-state index contributed by atoms with van der Waals surface area (Å²) in [6, 6.07) is 0.436. The van der Waals surface area contributed by atoms with Crippen molar-refractivity contribution < 1.29 is 14.4 Å². The maximum absolute atomic E-state index is 10.7. The van der Waals surface area contributed by atoms with Crippen molar-refractivity contribution in [1.29, 1.82) is 0 Å². The quantitative estimate of drug-likeness (QED) is 0.284. The highest BCUT2D eigenvalue weighted by atomic mass is 16.4. The number of carboxylic acids is 1. The van der Waals surface area contributed by atoms with Crippen LogP contribution in [-0.2, 0) is 4.79 Å². The molecule has 3 heteroatoms. The highest BCUT2D eigenvalue weighted by molar-refractivity contribution is 5.64. The SMILES string of the molecule is CCCCCCCCCCCCCCC(CCC(=O)[O-])[N+](C)(C)C. The Bertz CT molecular complexity index is 297. The van der Waals surface area contributed by atoms with Crippen molar-refractivity contribution in [3.63, 3.8) is 0 Å². The van der Waals surface area contributed by atoms with E-state index in [1.54, 1.807) is 0 Å². The van der Waals surface area contributed by atoms with Gasteiger partial charge in [0.2, 0.25) is 0 Å². The maximum atomic E-state index is 10.7. The molecule has 0 N–H and O–H groups in total. The minimum absolute atomic E-state index is 0.193. The van der Waals surface area contributed by atoms with E-state index in [1.807, 2.05) is 0 Å². The number of nitrogens with zero attached hydrogens (tertiary/aromatic N) is 1. The fourth-order valence-corrected chi connectivity index (χ4v) is 3.42. The monoisotopic (exact) mass is 341 g/mol. The number of rotatable bonds is 17. The van der Waals surface area contributed by atoms with Gasteiger partial charge in [-0.15, -0.1) is 0 Å². The summed E-state index contributed by atoms with van der Waals surface area (Å²) < 4.78 is 0.852. The Kier molecular flexibility index (Phi) is 14.4. The molecule has 0 amide bonds. The van der Waals surface area contributed by atoms with E-state index in [9.17, 15) is 9.90 Å². The molecule has 0 bridgehead atoms. The smallest absolute Gasteiger partial charge is 0.0887 e. The first kappa shape index (κ1) is 23.4. The van der Waals surface area contributed by atoms with Gasteiger partial charge in [0.15, 0.2) is 0 Å². The van der Waals surface area contributed by atoms with Crippen molar-refractivity contribution >= 4 is 5.97 Å². The summed E-state index contributed by atoms with van der Waals surface area (Å²) in [5.41, 5.74) is 0. The number of carbonyl (C=O) groups is 1. The van der Waals surface area contributed by atoms with Gasteiger partial charge in [-0.25, -0.2) is 0 Å². The average Bonchev–Trinajstić information content (AvgIpc) is 2.49. The van der Waals surface area contributed by atoms with Crippen LogP contribution in [0.4, 0.5) is 0 Å². The van der Waals surface area contributed by atoms with Crippen LogP contribution in [0.5, 0.6) is 0 Å². The van der Waals surface area contributed by atoms with Gasteiger partial charge in [0.25, 0.3) is 0 Å². The van der Waals surface area contributed by atoms with E-state index >= 15 is 0 Å². The predicted molar refractivity (Wildman–Crippen MR) is 102 cm³/mol. The largest absolute Gasteiger partial charge is 0.550 e. The Morgan fingerprint density at radius 3 is 1.54 bits per heavy atom. The molecule has 0 aromatic heterocycles. The van der Waals surface area contributed by atoms with E-state index in [0.29, 0.717) is 6.04 Å². The molecule has 0 saturated carbocycles. The van der Waals surface area contributed by atoms with Gasteiger partial charge in [-0.1, -0.05) is 77.6 Å². The zero-order valence-corrected chi connectivity index (χ0v) is 16.9. The molecule has 0 aliphatic carbocycles. The first-order chi connectivity index (χ1) is 11.4. The van der Waals surface area contributed by atoms with Crippen LogP contribution in [0.25, 0.3) is 0 Å². The summed E-state index contributed by atoms with van der Waals surface area (Å²) in [5.74, 6) is -0.914. The molecule has 0 rings (SSSR count). The lowest BCUT2D eigenvalue weighted by Crippen LogP contribution is -2.45. The molecule has 0 aromatic carbocycles.